The van der Waals surface area contributed by atoms with Gasteiger partial charge in [-0.05, 0) is 12.1 Å². The minimum Gasteiger partial charge on any atom is -0.543 e. The van der Waals surface area contributed by atoms with E-state index in [9.17, 15) is 9.90 Å². The summed E-state index contributed by atoms with van der Waals surface area (Å²) in [6.07, 6.45) is 1.34. The molecule has 0 amide bonds. The fourth-order valence-electron chi connectivity index (χ4n) is 0.687. The molecular weight excluding hydrogens is 185 g/mol. The maximum absolute atomic E-state index is 10.4. The number of rotatable bonds is 3. The topological polar surface area (TPSA) is 74.9 Å². The first-order valence-electron chi connectivity index (χ1n) is 3.12. The van der Waals surface area contributed by atoms with Crippen LogP contribution in [0.15, 0.2) is 28.0 Å². The Balaban J connectivity index is 0.00000144. The van der Waals surface area contributed by atoms with Crippen molar-refractivity contribution in [3.05, 3.63) is 24.2 Å². The monoisotopic (exact) mass is 191 g/mol. The van der Waals surface area contributed by atoms with Crippen LogP contribution in [0, 0.1) is 0 Å². The molecule has 64 valence electrons. The second-order valence-corrected chi connectivity index (χ2v) is 1.89. The number of carboxylic acid groups (broad SMARTS) is 1. The van der Waals surface area contributed by atoms with E-state index in [1.165, 1.54) is 19.4 Å². The number of oxime groups is 1. The molecule has 0 radical (unpaired) electrons. The molecule has 0 fully saturated rings. The summed E-state index contributed by atoms with van der Waals surface area (Å²) in [5.74, 6) is -1.33. The summed E-state index contributed by atoms with van der Waals surface area (Å²) >= 11 is 0. The zero-order chi connectivity index (χ0) is 8.97. The van der Waals surface area contributed by atoms with Crippen molar-refractivity contribution in [3.8, 4) is 0 Å². The van der Waals surface area contributed by atoms with Crippen LogP contribution in [0.25, 0.3) is 0 Å². The SMILES string of the molecule is CON=C(C(=O)[O-])c1ccco1.[Na+]. The van der Waals surface area contributed by atoms with E-state index in [0.717, 1.165) is 0 Å². The normalized spacial score (nSPS) is 10.4. The molecular formula is C7H6NNaO4. The van der Waals surface area contributed by atoms with Crippen LogP contribution in [0.2, 0.25) is 0 Å². The molecule has 0 aromatic carbocycles. The van der Waals surface area contributed by atoms with Gasteiger partial charge in [-0.15, -0.1) is 0 Å². The standard InChI is InChI=1S/C7H7NO4.Na/c1-11-8-6(7(9)10)5-3-2-4-12-5;/h2-4H,1H3,(H,9,10);/q;+1/p-1. The van der Waals surface area contributed by atoms with Gasteiger partial charge in [0.15, 0.2) is 11.5 Å². The summed E-state index contributed by atoms with van der Waals surface area (Å²) in [5.41, 5.74) is -0.359. The fourth-order valence-corrected chi connectivity index (χ4v) is 0.687. The predicted octanol–water partition coefficient (Wildman–Crippen LogP) is -3.62. The van der Waals surface area contributed by atoms with Gasteiger partial charge in [0.2, 0.25) is 0 Å². The number of nitrogens with zero attached hydrogens (tertiary/aromatic N) is 1. The van der Waals surface area contributed by atoms with Crippen LogP contribution in [-0.2, 0) is 9.63 Å². The Morgan fingerprint density at radius 2 is 2.38 bits per heavy atom. The van der Waals surface area contributed by atoms with Gasteiger partial charge in [-0.25, -0.2) is 0 Å². The Morgan fingerprint density at radius 1 is 1.69 bits per heavy atom. The maximum atomic E-state index is 10.4. The van der Waals surface area contributed by atoms with Gasteiger partial charge in [0.1, 0.15) is 7.11 Å². The number of hydrogen-bond acceptors (Lipinski definition) is 5. The quantitative estimate of drug-likeness (QED) is 0.281. The second-order valence-electron chi connectivity index (χ2n) is 1.89. The molecule has 0 atom stereocenters. The summed E-state index contributed by atoms with van der Waals surface area (Å²) < 4.78 is 4.78. The van der Waals surface area contributed by atoms with Crippen molar-refractivity contribution in [3.63, 3.8) is 0 Å². The van der Waals surface area contributed by atoms with Crippen LogP contribution in [0.5, 0.6) is 0 Å². The molecule has 1 rings (SSSR count). The van der Waals surface area contributed by atoms with E-state index >= 15 is 0 Å². The minimum atomic E-state index is -1.44. The van der Waals surface area contributed by atoms with Crippen molar-refractivity contribution in [2.45, 2.75) is 0 Å². The first-order chi connectivity index (χ1) is 5.75. The number of hydrogen-bond donors (Lipinski definition) is 0. The van der Waals surface area contributed by atoms with Crippen molar-refractivity contribution < 1.29 is 48.7 Å². The summed E-state index contributed by atoms with van der Waals surface area (Å²) in [7, 11) is 1.24. The molecule has 0 spiro atoms. The van der Waals surface area contributed by atoms with Crippen LogP contribution in [-0.4, -0.2) is 18.8 Å². The number of carboxylic acids is 1. The molecule has 1 aromatic rings. The van der Waals surface area contributed by atoms with Crippen LogP contribution < -0.4 is 34.7 Å². The Kier molecular flexibility index (Phi) is 5.45. The van der Waals surface area contributed by atoms with Gasteiger partial charge >= 0.3 is 29.6 Å². The predicted molar refractivity (Wildman–Crippen MR) is 37.3 cm³/mol. The Hall–Kier alpha value is -0.780. The minimum absolute atomic E-state index is 0. The summed E-state index contributed by atoms with van der Waals surface area (Å²) in [4.78, 5) is 14.7. The molecule has 13 heavy (non-hydrogen) atoms. The van der Waals surface area contributed by atoms with E-state index in [-0.39, 0.29) is 41.0 Å². The van der Waals surface area contributed by atoms with E-state index in [1.807, 2.05) is 0 Å². The molecule has 0 saturated carbocycles. The average molecular weight is 191 g/mol. The molecule has 0 aliphatic carbocycles. The molecule has 0 bridgehead atoms. The van der Waals surface area contributed by atoms with Gasteiger partial charge < -0.3 is 19.2 Å². The third kappa shape index (κ3) is 3.22. The van der Waals surface area contributed by atoms with Gasteiger partial charge in [0.25, 0.3) is 0 Å². The fraction of sp³-hybridized carbons (Fsp3) is 0.143. The van der Waals surface area contributed by atoms with E-state index in [1.54, 1.807) is 6.07 Å². The smallest absolute Gasteiger partial charge is 0.543 e. The molecule has 6 heteroatoms. The van der Waals surface area contributed by atoms with Crippen LogP contribution >= 0.6 is 0 Å². The largest absolute Gasteiger partial charge is 1.00 e. The van der Waals surface area contributed by atoms with E-state index < -0.39 is 5.97 Å². The molecule has 0 unspecified atom stereocenters. The number of carbonyl (C=O) groups is 1. The zero-order valence-corrected chi connectivity index (χ0v) is 9.31. The maximum Gasteiger partial charge on any atom is 1.00 e. The molecule has 5 nitrogen and oxygen atoms in total. The number of furan rings is 1. The average Bonchev–Trinajstić information content (AvgIpc) is 2.51. The van der Waals surface area contributed by atoms with Gasteiger partial charge in [0, 0.05) is 0 Å². The van der Waals surface area contributed by atoms with Crippen molar-refractivity contribution in [1.82, 2.24) is 0 Å². The van der Waals surface area contributed by atoms with E-state index in [0.29, 0.717) is 0 Å². The van der Waals surface area contributed by atoms with Crippen molar-refractivity contribution >= 4 is 11.7 Å². The van der Waals surface area contributed by atoms with Crippen LogP contribution in [0.3, 0.4) is 0 Å². The number of carbonyl (C=O) groups excluding carboxylic acids is 1. The first-order valence-corrected chi connectivity index (χ1v) is 3.12. The molecule has 1 heterocycles. The van der Waals surface area contributed by atoms with Gasteiger partial charge in [-0.1, -0.05) is 5.16 Å². The Bertz CT molecular complexity index is 293. The number of aliphatic carboxylic acids is 1. The van der Waals surface area contributed by atoms with Crippen molar-refractivity contribution in [2.24, 2.45) is 5.16 Å². The summed E-state index contributed by atoms with van der Waals surface area (Å²) in [5, 5.41) is 13.6. The van der Waals surface area contributed by atoms with Crippen LogP contribution in [0.4, 0.5) is 0 Å². The molecule has 1 aromatic heterocycles. The molecule has 0 N–H and O–H groups in total. The third-order valence-electron chi connectivity index (χ3n) is 1.13. The first kappa shape index (κ1) is 12.2. The molecule has 0 aliphatic rings. The van der Waals surface area contributed by atoms with Crippen LogP contribution in [0.1, 0.15) is 5.76 Å². The Morgan fingerprint density at radius 3 is 2.77 bits per heavy atom. The Labute approximate surface area is 96.7 Å². The van der Waals surface area contributed by atoms with E-state index in [2.05, 4.69) is 9.99 Å². The summed E-state index contributed by atoms with van der Waals surface area (Å²) in [6.45, 7) is 0. The molecule has 0 saturated heterocycles. The van der Waals surface area contributed by atoms with Gasteiger partial charge in [-0.3, -0.25) is 0 Å². The third-order valence-corrected chi connectivity index (χ3v) is 1.13. The van der Waals surface area contributed by atoms with Crippen molar-refractivity contribution in [2.75, 3.05) is 7.11 Å². The summed E-state index contributed by atoms with van der Waals surface area (Å²) in [6, 6.07) is 3.00. The van der Waals surface area contributed by atoms with E-state index in [4.69, 9.17) is 4.42 Å². The molecule has 0 aliphatic heterocycles. The zero-order valence-electron chi connectivity index (χ0n) is 7.31. The van der Waals surface area contributed by atoms with Gasteiger partial charge in [-0.2, -0.15) is 0 Å². The van der Waals surface area contributed by atoms with Gasteiger partial charge in [0.05, 0.1) is 12.2 Å². The second kappa shape index (κ2) is 5.80. The van der Waals surface area contributed by atoms with Crippen molar-refractivity contribution in [1.29, 1.82) is 0 Å².